The first-order valence-corrected chi connectivity index (χ1v) is 2.40. The summed E-state index contributed by atoms with van der Waals surface area (Å²) in [6.07, 6.45) is -0.0250. The zero-order valence-corrected chi connectivity index (χ0v) is 4.68. The highest BCUT2D eigenvalue weighted by Crippen LogP contribution is 1.86. The molecule has 0 aromatic carbocycles. The monoisotopic (exact) mass is 116 g/mol. The van der Waals surface area contributed by atoms with E-state index in [-0.39, 0.29) is 12.2 Å². The van der Waals surface area contributed by atoms with Crippen LogP contribution in [-0.2, 0) is 9.59 Å². The molecule has 0 aliphatic heterocycles. The van der Waals surface area contributed by atoms with E-state index < -0.39 is 5.97 Å². The maximum absolute atomic E-state index is 10.2. The minimum atomic E-state index is -1.04. The molecule has 0 bridgehead atoms. The molecule has 0 heterocycles. The normalized spacial score (nSPS) is 8.62. The molecule has 0 radical (unpaired) electrons. The second-order valence-corrected chi connectivity index (χ2v) is 1.46. The molecule has 46 valence electrons. The molecule has 0 aliphatic carbocycles. The second-order valence-electron chi connectivity index (χ2n) is 1.46. The molecule has 0 atom stereocenters. The molecule has 0 saturated carbocycles. The van der Waals surface area contributed by atoms with Gasteiger partial charge in [-0.25, -0.2) is 0 Å². The number of rotatable bonds is 3. The Kier molecular flexibility index (Phi) is 2.84. The summed E-state index contributed by atoms with van der Waals surface area (Å²) in [5.41, 5.74) is 0. The summed E-state index contributed by atoms with van der Waals surface area (Å²) >= 11 is 0. The number of hydrogen-bond acceptors (Lipinski definition) is 2. The van der Waals surface area contributed by atoms with E-state index in [0.29, 0.717) is 6.42 Å². The SMILES string of the molecule is CCC(=O)CC(=O)O. The number of carboxylic acid groups (broad SMARTS) is 1. The lowest BCUT2D eigenvalue weighted by molar-refractivity contribution is -0.140. The van der Waals surface area contributed by atoms with Crippen LogP contribution in [0.3, 0.4) is 0 Å². The van der Waals surface area contributed by atoms with Crippen LogP contribution < -0.4 is 0 Å². The van der Waals surface area contributed by atoms with Crippen LogP contribution in [0.5, 0.6) is 0 Å². The molecule has 0 aromatic heterocycles. The quantitative estimate of drug-likeness (QED) is 0.544. The Bertz CT molecular complexity index is 106. The van der Waals surface area contributed by atoms with Gasteiger partial charge in [-0.2, -0.15) is 0 Å². The lowest BCUT2D eigenvalue weighted by atomic mass is 10.2. The zero-order valence-electron chi connectivity index (χ0n) is 4.68. The van der Waals surface area contributed by atoms with Crippen LogP contribution in [0.2, 0.25) is 0 Å². The largest absolute Gasteiger partial charge is 0.481 e. The number of ketones is 1. The van der Waals surface area contributed by atoms with Crippen molar-refractivity contribution in [3.63, 3.8) is 0 Å². The average Bonchev–Trinajstić information content (AvgIpc) is 1.65. The third-order valence-corrected chi connectivity index (χ3v) is 0.743. The fourth-order valence-electron chi connectivity index (χ4n) is 0.294. The Hall–Kier alpha value is -0.860. The highest BCUT2D eigenvalue weighted by molar-refractivity contribution is 5.94. The number of carbonyl (C=O) groups excluding carboxylic acids is 1. The van der Waals surface area contributed by atoms with Gasteiger partial charge in [-0.15, -0.1) is 0 Å². The van der Waals surface area contributed by atoms with E-state index in [4.69, 9.17) is 5.11 Å². The van der Waals surface area contributed by atoms with Gasteiger partial charge in [-0.1, -0.05) is 6.92 Å². The van der Waals surface area contributed by atoms with Gasteiger partial charge in [0.25, 0.3) is 0 Å². The molecule has 0 spiro atoms. The molecule has 0 aromatic rings. The number of aliphatic carboxylic acids is 1. The number of Topliss-reactive ketones (excluding diaryl/α,β-unsaturated/α-hetero) is 1. The van der Waals surface area contributed by atoms with E-state index in [1.54, 1.807) is 6.92 Å². The van der Waals surface area contributed by atoms with Gasteiger partial charge >= 0.3 is 5.97 Å². The summed E-state index contributed by atoms with van der Waals surface area (Å²) in [5.74, 6) is -1.27. The van der Waals surface area contributed by atoms with Crippen molar-refractivity contribution in [2.45, 2.75) is 19.8 Å². The summed E-state index contributed by atoms with van der Waals surface area (Å²) in [7, 11) is 0. The Morgan fingerprint density at radius 3 is 2.12 bits per heavy atom. The van der Waals surface area contributed by atoms with Crippen molar-refractivity contribution < 1.29 is 14.7 Å². The van der Waals surface area contributed by atoms with E-state index in [9.17, 15) is 9.59 Å². The van der Waals surface area contributed by atoms with E-state index in [1.807, 2.05) is 0 Å². The fraction of sp³-hybridized carbons (Fsp3) is 0.600. The van der Waals surface area contributed by atoms with Crippen molar-refractivity contribution in [3.05, 3.63) is 0 Å². The van der Waals surface area contributed by atoms with E-state index in [2.05, 4.69) is 0 Å². The van der Waals surface area contributed by atoms with Crippen LogP contribution in [0.1, 0.15) is 19.8 Å². The third-order valence-electron chi connectivity index (χ3n) is 0.743. The van der Waals surface area contributed by atoms with Gasteiger partial charge in [0.05, 0.1) is 0 Å². The molecule has 1 N–H and O–H groups in total. The predicted octanol–water partition coefficient (Wildman–Crippen LogP) is 0.440. The Balaban J connectivity index is 3.40. The van der Waals surface area contributed by atoms with Gasteiger partial charge in [-0.05, 0) is 0 Å². The van der Waals surface area contributed by atoms with Gasteiger partial charge < -0.3 is 5.11 Å². The highest BCUT2D eigenvalue weighted by Gasteiger charge is 2.02. The molecule has 0 fully saturated rings. The molecule has 0 saturated heterocycles. The van der Waals surface area contributed by atoms with Crippen LogP contribution in [0.25, 0.3) is 0 Å². The standard InChI is InChI=1S/C5H8O3/c1-2-4(6)3-5(7)8/h2-3H2,1H3,(H,7,8). The van der Waals surface area contributed by atoms with Gasteiger partial charge in [0.15, 0.2) is 0 Å². The average molecular weight is 116 g/mol. The zero-order chi connectivity index (χ0) is 6.57. The summed E-state index contributed by atoms with van der Waals surface area (Å²) in [6, 6.07) is 0. The topological polar surface area (TPSA) is 54.4 Å². The summed E-state index contributed by atoms with van der Waals surface area (Å²) in [6.45, 7) is 1.64. The minimum Gasteiger partial charge on any atom is -0.481 e. The highest BCUT2D eigenvalue weighted by atomic mass is 16.4. The van der Waals surface area contributed by atoms with Gasteiger partial charge in [0, 0.05) is 6.42 Å². The second kappa shape index (κ2) is 3.18. The predicted molar refractivity (Wildman–Crippen MR) is 27.6 cm³/mol. The van der Waals surface area contributed by atoms with Crippen molar-refractivity contribution in [1.29, 1.82) is 0 Å². The lowest BCUT2D eigenvalue weighted by Gasteiger charge is -1.86. The third kappa shape index (κ3) is 3.33. The molecular formula is C5H8O3. The van der Waals surface area contributed by atoms with Crippen molar-refractivity contribution >= 4 is 11.8 Å². The van der Waals surface area contributed by atoms with E-state index >= 15 is 0 Å². The molecule has 3 heteroatoms. The van der Waals surface area contributed by atoms with Gasteiger partial charge in [0.1, 0.15) is 12.2 Å². The van der Waals surface area contributed by atoms with Crippen molar-refractivity contribution in [1.82, 2.24) is 0 Å². The molecule has 8 heavy (non-hydrogen) atoms. The van der Waals surface area contributed by atoms with Crippen LogP contribution in [0.4, 0.5) is 0 Å². The Labute approximate surface area is 47.3 Å². The first-order chi connectivity index (χ1) is 3.66. The van der Waals surface area contributed by atoms with Crippen molar-refractivity contribution in [3.8, 4) is 0 Å². The molecule has 0 aliphatic rings. The summed E-state index contributed by atoms with van der Waals surface area (Å²) in [5, 5.41) is 7.99. The summed E-state index contributed by atoms with van der Waals surface area (Å²) in [4.78, 5) is 20.0. The molecule has 0 amide bonds. The van der Waals surface area contributed by atoms with Gasteiger partial charge in [0.2, 0.25) is 0 Å². The van der Waals surface area contributed by atoms with E-state index in [0.717, 1.165) is 0 Å². The molecule has 3 nitrogen and oxygen atoms in total. The minimum absolute atomic E-state index is 0.225. The van der Waals surface area contributed by atoms with Crippen LogP contribution >= 0.6 is 0 Å². The molecular weight excluding hydrogens is 108 g/mol. The van der Waals surface area contributed by atoms with Crippen LogP contribution in [0.15, 0.2) is 0 Å². The molecule has 0 rings (SSSR count). The number of hydrogen-bond donors (Lipinski definition) is 1. The maximum atomic E-state index is 10.2. The van der Waals surface area contributed by atoms with Gasteiger partial charge in [-0.3, -0.25) is 9.59 Å². The summed E-state index contributed by atoms with van der Waals surface area (Å²) < 4.78 is 0. The van der Waals surface area contributed by atoms with E-state index in [1.165, 1.54) is 0 Å². The lowest BCUT2D eigenvalue weighted by Crippen LogP contribution is -2.04. The van der Waals surface area contributed by atoms with Crippen molar-refractivity contribution in [2.24, 2.45) is 0 Å². The fourth-order valence-corrected chi connectivity index (χ4v) is 0.294. The first kappa shape index (κ1) is 7.14. The first-order valence-electron chi connectivity index (χ1n) is 2.40. The Morgan fingerprint density at radius 1 is 1.50 bits per heavy atom. The maximum Gasteiger partial charge on any atom is 0.310 e. The number of carbonyl (C=O) groups is 2. The number of carboxylic acids is 1. The Morgan fingerprint density at radius 2 is 2.00 bits per heavy atom. The van der Waals surface area contributed by atoms with Crippen LogP contribution in [0, 0.1) is 0 Å². The smallest absolute Gasteiger partial charge is 0.310 e. The molecule has 0 unspecified atom stereocenters. The van der Waals surface area contributed by atoms with Crippen molar-refractivity contribution in [2.75, 3.05) is 0 Å². The van der Waals surface area contributed by atoms with Crippen LogP contribution in [-0.4, -0.2) is 16.9 Å².